The first-order valence-corrected chi connectivity index (χ1v) is 9.94. The number of hydrogen-bond donors (Lipinski definition) is 3. The van der Waals surface area contributed by atoms with Gasteiger partial charge in [0.05, 0.1) is 19.8 Å². The van der Waals surface area contributed by atoms with Crippen LogP contribution in [0.25, 0.3) is 10.9 Å². The highest BCUT2D eigenvalue weighted by Crippen LogP contribution is 2.46. The molecule has 0 aliphatic carbocycles. The maximum absolute atomic E-state index is 12.3. The number of hydrogen-bond acceptors (Lipinski definition) is 4. The quantitative estimate of drug-likeness (QED) is 0.772. The fraction of sp³-hybridized carbons (Fsp3) is 0.571. The van der Waals surface area contributed by atoms with Gasteiger partial charge in [0, 0.05) is 54.1 Å². The Balaban J connectivity index is 1.72. The highest BCUT2D eigenvalue weighted by Gasteiger charge is 2.44. The van der Waals surface area contributed by atoms with Gasteiger partial charge in [0.2, 0.25) is 5.91 Å². The predicted octanol–water partition coefficient (Wildman–Crippen LogP) is 2.47. The van der Waals surface area contributed by atoms with Crippen molar-refractivity contribution in [3.05, 3.63) is 29.5 Å². The summed E-state index contributed by atoms with van der Waals surface area (Å²) in [6, 6.07) is 6.07. The van der Waals surface area contributed by atoms with Crippen LogP contribution in [-0.4, -0.2) is 54.2 Å². The van der Waals surface area contributed by atoms with Crippen LogP contribution in [-0.2, 0) is 10.2 Å². The Labute approximate surface area is 159 Å². The lowest BCUT2D eigenvalue weighted by molar-refractivity contribution is -0.132. The Kier molecular flexibility index (Phi) is 4.86. The summed E-state index contributed by atoms with van der Waals surface area (Å²) in [7, 11) is 1.67. The number of aromatic amines is 1. The smallest absolute Gasteiger partial charge is 0.222 e. The Morgan fingerprint density at radius 1 is 1.37 bits per heavy atom. The summed E-state index contributed by atoms with van der Waals surface area (Å²) in [5, 5.41) is 14.6. The highest BCUT2D eigenvalue weighted by atomic mass is 16.5. The molecule has 1 atom stereocenters. The fourth-order valence-electron chi connectivity index (χ4n) is 4.80. The lowest BCUT2D eigenvalue weighted by Crippen LogP contribution is -2.53. The van der Waals surface area contributed by atoms with E-state index in [0.717, 1.165) is 55.9 Å². The van der Waals surface area contributed by atoms with E-state index in [1.54, 1.807) is 7.11 Å². The molecule has 2 aliphatic heterocycles. The van der Waals surface area contributed by atoms with Crippen LogP contribution in [0, 0.1) is 0 Å². The van der Waals surface area contributed by atoms with Crippen LogP contribution in [0.4, 0.5) is 0 Å². The first-order valence-electron chi connectivity index (χ1n) is 9.94. The molecule has 2 aliphatic rings. The third kappa shape index (κ3) is 3.01. The SMILES string of the molecule is CCCC(=O)N1CCC2(CC1)CN[C@H](CO)c1[nH]c3cc(OC)ccc3c12. The first kappa shape index (κ1) is 18.3. The number of methoxy groups -OCH3 is 1. The number of H-pyrrole nitrogens is 1. The van der Waals surface area contributed by atoms with Gasteiger partial charge in [-0.2, -0.15) is 0 Å². The number of aliphatic hydroxyl groups excluding tert-OH is 1. The average Bonchev–Trinajstić information content (AvgIpc) is 3.09. The van der Waals surface area contributed by atoms with Crippen molar-refractivity contribution in [2.24, 2.45) is 0 Å². The largest absolute Gasteiger partial charge is 0.497 e. The van der Waals surface area contributed by atoms with Gasteiger partial charge < -0.3 is 25.0 Å². The van der Waals surface area contributed by atoms with Crippen LogP contribution in [0.1, 0.15) is 49.9 Å². The molecule has 6 nitrogen and oxygen atoms in total. The van der Waals surface area contributed by atoms with Gasteiger partial charge >= 0.3 is 0 Å². The van der Waals surface area contributed by atoms with Gasteiger partial charge in [-0.05, 0) is 37.0 Å². The number of carbonyl (C=O) groups excluding carboxylic acids is 1. The molecule has 3 N–H and O–H groups in total. The van der Waals surface area contributed by atoms with Crippen molar-refractivity contribution in [1.82, 2.24) is 15.2 Å². The van der Waals surface area contributed by atoms with E-state index in [0.29, 0.717) is 6.42 Å². The van der Waals surface area contributed by atoms with Crippen molar-refractivity contribution in [2.75, 3.05) is 33.4 Å². The van der Waals surface area contributed by atoms with Crippen LogP contribution in [0.3, 0.4) is 0 Å². The Bertz CT molecular complexity index is 837. The zero-order valence-corrected chi connectivity index (χ0v) is 16.2. The lowest BCUT2D eigenvalue weighted by Gasteiger charge is -2.46. The van der Waals surface area contributed by atoms with Gasteiger partial charge in [-0.25, -0.2) is 0 Å². The Morgan fingerprint density at radius 3 is 2.81 bits per heavy atom. The number of likely N-dealkylation sites (tertiary alicyclic amines) is 1. The molecule has 4 rings (SSSR count). The second-order valence-electron chi connectivity index (χ2n) is 7.85. The van der Waals surface area contributed by atoms with Gasteiger partial charge in [0.25, 0.3) is 0 Å². The summed E-state index contributed by atoms with van der Waals surface area (Å²) in [6.45, 7) is 4.54. The van der Waals surface area contributed by atoms with Crippen LogP contribution >= 0.6 is 0 Å². The number of rotatable bonds is 4. The number of benzene rings is 1. The molecule has 27 heavy (non-hydrogen) atoms. The van der Waals surface area contributed by atoms with Crippen LogP contribution in [0.5, 0.6) is 5.75 Å². The molecule has 0 saturated carbocycles. The number of nitrogens with one attached hydrogen (secondary N) is 2. The minimum Gasteiger partial charge on any atom is -0.497 e. The lowest BCUT2D eigenvalue weighted by atomic mass is 9.69. The molecule has 1 aromatic heterocycles. The molecule has 0 radical (unpaired) electrons. The summed E-state index contributed by atoms with van der Waals surface area (Å²) in [5.41, 5.74) is 3.45. The molecule has 1 spiro atoms. The predicted molar refractivity (Wildman–Crippen MR) is 105 cm³/mol. The molecule has 1 amide bonds. The molecule has 6 heteroatoms. The van der Waals surface area contributed by atoms with E-state index >= 15 is 0 Å². The summed E-state index contributed by atoms with van der Waals surface area (Å²) in [4.78, 5) is 17.9. The van der Waals surface area contributed by atoms with E-state index in [-0.39, 0.29) is 24.0 Å². The fourth-order valence-corrected chi connectivity index (χ4v) is 4.80. The third-order valence-corrected chi connectivity index (χ3v) is 6.32. The standard InChI is InChI=1S/C21H29N3O3/c1-3-4-18(26)24-9-7-21(8-10-24)13-22-17(12-25)20-19(21)15-6-5-14(27-2)11-16(15)23-20/h5-6,11,17,22-23,25H,3-4,7-10,12-13H2,1-2H3/t17-/m1/s1. The first-order chi connectivity index (χ1) is 13.1. The van der Waals surface area contributed by atoms with Gasteiger partial charge in [-0.15, -0.1) is 0 Å². The second-order valence-corrected chi connectivity index (χ2v) is 7.85. The number of aliphatic hydroxyl groups is 1. The molecule has 1 fully saturated rings. The van der Waals surface area contributed by atoms with Crippen LogP contribution < -0.4 is 10.1 Å². The summed E-state index contributed by atoms with van der Waals surface area (Å²) >= 11 is 0. The number of aromatic nitrogens is 1. The minimum absolute atomic E-state index is 0.00314. The van der Waals surface area contributed by atoms with Crippen molar-refractivity contribution < 1.29 is 14.6 Å². The number of piperidine rings is 1. The zero-order chi connectivity index (χ0) is 19.0. The van der Waals surface area contributed by atoms with E-state index in [2.05, 4.69) is 23.3 Å². The van der Waals surface area contributed by atoms with Gasteiger partial charge in [0.15, 0.2) is 0 Å². The molecular weight excluding hydrogens is 342 g/mol. The Morgan fingerprint density at radius 2 is 2.15 bits per heavy atom. The summed E-state index contributed by atoms with van der Waals surface area (Å²) < 4.78 is 5.38. The topological polar surface area (TPSA) is 77.6 Å². The van der Waals surface area contributed by atoms with Gasteiger partial charge in [-0.3, -0.25) is 4.79 Å². The number of carbonyl (C=O) groups is 1. The van der Waals surface area contributed by atoms with Gasteiger partial charge in [-0.1, -0.05) is 6.92 Å². The molecule has 2 aromatic rings. The van der Waals surface area contributed by atoms with Crippen molar-refractivity contribution in [3.8, 4) is 5.75 Å². The third-order valence-electron chi connectivity index (χ3n) is 6.32. The van der Waals surface area contributed by atoms with Crippen molar-refractivity contribution in [2.45, 2.75) is 44.1 Å². The summed E-state index contributed by atoms with van der Waals surface area (Å²) in [6.07, 6.45) is 3.42. The van der Waals surface area contributed by atoms with E-state index < -0.39 is 0 Å². The number of fused-ring (bicyclic) bond motifs is 4. The summed E-state index contributed by atoms with van der Waals surface area (Å²) in [5.74, 6) is 1.09. The van der Waals surface area contributed by atoms with Crippen LogP contribution in [0.2, 0.25) is 0 Å². The molecular formula is C21H29N3O3. The number of ether oxygens (including phenoxy) is 1. The van der Waals surface area contributed by atoms with Crippen molar-refractivity contribution >= 4 is 16.8 Å². The molecule has 3 heterocycles. The van der Waals surface area contributed by atoms with E-state index in [4.69, 9.17) is 4.74 Å². The highest BCUT2D eigenvalue weighted by molar-refractivity contribution is 5.88. The van der Waals surface area contributed by atoms with Gasteiger partial charge in [0.1, 0.15) is 5.75 Å². The molecule has 1 saturated heterocycles. The van der Waals surface area contributed by atoms with Crippen molar-refractivity contribution in [1.29, 1.82) is 0 Å². The van der Waals surface area contributed by atoms with E-state index in [9.17, 15) is 9.90 Å². The zero-order valence-electron chi connectivity index (χ0n) is 16.2. The minimum atomic E-state index is -0.0798. The molecule has 0 unspecified atom stereocenters. The number of nitrogens with zero attached hydrogens (tertiary/aromatic N) is 1. The Hall–Kier alpha value is -2.05. The van der Waals surface area contributed by atoms with E-state index in [1.165, 1.54) is 10.9 Å². The van der Waals surface area contributed by atoms with E-state index in [1.807, 2.05) is 17.0 Å². The monoisotopic (exact) mass is 371 g/mol. The molecule has 146 valence electrons. The van der Waals surface area contributed by atoms with Crippen LogP contribution in [0.15, 0.2) is 18.2 Å². The average molecular weight is 371 g/mol. The maximum Gasteiger partial charge on any atom is 0.222 e. The number of amides is 1. The normalized spacial score (nSPS) is 21.4. The molecule has 1 aromatic carbocycles. The van der Waals surface area contributed by atoms with Crippen molar-refractivity contribution in [3.63, 3.8) is 0 Å². The molecule has 0 bridgehead atoms. The maximum atomic E-state index is 12.3. The second kappa shape index (κ2) is 7.17.